The fraction of sp³-hybridized carbons (Fsp3) is 0.200. The number of nitrogens with zero attached hydrogens (tertiary/aromatic N) is 3. The molecule has 2 aromatic rings. The fourth-order valence-corrected chi connectivity index (χ4v) is 1.50. The van der Waals surface area contributed by atoms with Crippen molar-refractivity contribution in [2.45, 2.75) is 6.54 Å². The van der Waals surface area contributed by atoms with Crippen LogP contribution >= 0.6 is 11.6 Å². The van der Waals surface area contributed by atoms with Crippen LogP contribution in [0.1, 0.15) is 5.82 Å². The highest BCUT2D eigenvalue weighted by atomic mass is 35.5. The van der Waals surface area contributed by atoms with Crippen molar-refractivity contribution in [1.29, 1.82) is 0 Å². The van der Waals surface area contributed by atoms with Gasteiger partial charge in [0.2, 0.25) is 0 Å². The predicted octanol–water partition coefficient (Wildman–Crippen LogP) is 1.66. The number of hydrogen-bond acceptors (Lipinski definition) is 4. The molecule has 0 aliphatic rings. The first-order chi connectivity index (χ1) is 7.66. The van der Waals surface area contributed by atoms with Crippen molar-refractivity contribution in [2.24, 2.45) is 7.05 Å². The molecule has 0 unspecified atom stereocenters. The molecule has 0 radical (unpaired) electrons. The average molecular weight is 238 g/mol. The molecule has 0 amide bonds. The third kappa shape index (κ3) is 2.25. The van der Waals surface area contributed by atoms with Crippen LogP contribution in [0.15, 0.2) is 24.7 Å². The quantitative estimate of drug-likeness (QED) is 0.852. The molecule has 0 aliphatic carbocycles. The third-order valence-corrected chi connectivity index (χ3v) is 2.43. The van der Waals surface area contributed by atoms with E-state index >= 15 is 0 Å². The predicted molar refractivity (Wildman–Crippen MR) is 64.2 cm³/mol. The number of nitrogens with two attached hydrogens (primary N) is 1. The Balaban J connectivity index is 2.08. The van der Waals surface area contributed by atoms with Gasteiger partial charge in [0, 0.05) is 25.6 Å². The monoisotopic (exact) mass is 237 g/mol. The van der Waals surface area contributed by atoms with Gasteiger partial charge in [-0.15, -0.1) is 0 Å². The van der Waals surface area contributed by atoms with Crippen molar-refractivity contribution in [1.82, 2.24) is 14.5 Å². The summed E-state index contributed by atoms with van der Waals surface area (Å²) in [5.74, 6) is 1.53. The Morgan fingerprint density at radius 3 is 2.94 bits per heavy atom. The van der Waals surface area contributed by atoms with Gasteiger partial charge in [-0.25, -0.2) is 9.97 Å². The van der Waals surface area contributed by atoms with Crippen LogP contribution in [-0.2, 0) is 13.6 Å². The number of aryl methyl sites for hydroxylation is 1. The van der Waals surface area contributed by atoms with E-state index in [1.807, 2.05) is 17.8 Å². The maximum absolute atomic E-state index is 5.76. The third-order valence-electron chi connectivity index (χ3n) is 2.22. The number of rotatable bonds is 3. The summed E-state index contributed by atoms with van der Waals surface area (Å²) in [6, 6.07) is 1.66. The van der Waals surface area contributed by atoms with Crippen LogP contribution in [0.25, 0.3) is 0 Å². The van der Waals surface area contributed by atoms with Gasteiger partial charge in [0.15, 0.2) is 0 Å². The number of nitrogens with one attached hydrogen (secondary N) is 1. The van der Waals surface area contributed by atoms with Gasteiger partial charge in [-0.3, -0.25) is 0 Å². The SMILES string of the molecule is Cn1ccnc1CNc1ncc(Cl)cc1N. The minimum absolute atomic E-state index is 0.528. The van der Waals surface area contributed by atoms with Crippen LogP contribution in [-0.4, -0.2) is 14.5 Å². The Morgan fingerprint density at radius 1 is 1.50 bits per heavy atom. The van der Waals surface area contributed by atoms with Crippen LogP contribution in [0.4, 0.5) is 11.5 Å². The molecule has 2 aromatic heterocycles. The van der Waals surface area contributed by atoms with E-state index in [1.54, 1.807) is 18.5 Å². The molecule has 0 aliphatic heterocycles. The summed E-state index contributed by atoms with van der Waals surface area (Å²) >= 11 is 5.76. The Hall–Kier alpha value is -1.75. The minimum atomic E-state index is 0.528. The smallest absolute Gasteiger partial charge is 0.149 e. The van der Waals surface area contributed by atoms with E-state index in [0.29, 0.717) is 23.1 Å². The van der Waals surface area contributed by atoms with Crippen LogP contribution in [0.2, 0.25) is 5.02 Å². The molecule has 16 heavy (non-hydrogen) atoms. The second-order valence-electron chi connectivity index (χ2n) is 3.40. The van der Waals surface area contributed by atoms with Crippen molar-refractivity contribution >= 4 is 23.1 Å². The lowest BCUT2D eigenvalue weighted by Gasteiger charge is -2.08. The zero-order valence-corrected chi connectivity index (χ0v) is 9.57. The van der Waals surface area contributed by atoms with Gasteiger partial charge >= 0.3 is 0 Å². The lowest BCUT2D eigenvalue weighted by molar-refractivity contribution is 0.811. The largest absolute Gasteiger partial charge is 0.396 e. The summed E-state index contributed by atoms with van der Waals surface area (Å²) in [5.41, 5.74) is 6.29. The first-order valence-corrected chi connectivity index (χ1v) is 5.15. The Morgan fingerprint density at radius 2 is 2.31 bits per heavy atom. The second kappa shape index (κ2) is 4.40. The average Bonchev–Trinajstić information content (AvgIpc) is 2.63. The molecule has 6 heteroatoms. The van der Waals surface area contributed by atoms with E-state index in [2.05, 4.69) is 15.3 Å². The molecule has 0 aromatic carbocycles. The number of pyridine rings is 1. The van der Waals surface area contributed by atoms with Gasteiger partial charge in [0.05, 0.1) is 17.3 Å². The highest BCUT2D eigenvalue weighted by Gasteiger charge is 2.03. The molecular weight excluding hydrogens is 226 g/mol. The van der Waals surface area contributed by atoms with Crippen LogP contribution in [0, 0.1) is 0 Å². The molecule has 0 saturated heterocycles. The van der Waals surface area contributed by atoms with Crippen LogP contribution in [0.3, 0.4) is 0 Å². The van der Waals surface area contributed by atoms with E-state index in [1.165, 1.54) is 0 Å². The van der Waals surface area contributed by atoms with Gasteiger partial charge in [0.1, 0.15) is 11.6 Å². The topological polar surface area (TPSA) is 68.8 Å². The Bertz CT molecular complexity index is 494. The Labute approximate surface area is 98.3 Å². The molecule has 2 rings (SSSR count). The lowest BCUT2D eigenvalue weighted by Crippen LogP contribution is -2.08. The number of halogens is 1. The number of imidazole rings is 1. The molecule has 0 atom stereocenters. The maximum Gasteiger partial charge on any atom is 0.149 e. The number of aromatic nitrogens is 3. The summed E-state index contributed by atoms with van der Waals surface area (Å²) in [4.78, 5) is 8.29. The molecular formula is C10H12ClN5. The van der Waals surface area contributed by atoms with Gasteiger partial charge < -0.3 is 15.6 Å². The number of hydrogen-bond donors (Lipinski definition) is 2. The van der Waals surface area contributed by atoms with Crippen molar-refractivity contribution in [3.63, 3.8) is 0 Å². The summed E-state index contributed by atoms with van der Waals surface area (Å²) in [6.45, 7) is 0.572. The zero-order valence-electron chi connectivity index (χ0n) is 8.81. The molecule has 0 spiro atoms. The Kier molecular flexibility index (Phi) is 2.96. The number of nitrogen functional groups attached to an aromatic ring is 1. The van der Waals surface area contributed by atoms with Crippen LogP contribution < -0.4 is 11.1 Å². The first kappa shape index (κ1) is 10.8. The molecule has 2 heterocycles. The molecule has 84 valence electrons. The standard InChI is InChI=1S/C10H12ClN5/c1-16-3-2-13-9(16)6-15-10-8(12)4-7(11)5-14-10/h2-5H,6,12H2,1H3,(H,14,15). The normalized spacial score (nSPS) is 10.4. The summed E-state index contributed by atoms with van der Waals surface area (Å²) in [6.07, 6.45) is 5.18. The maximum atomic E-state index is 5.76. The highest BCUT2D eigenvalue weighted by molar-refractivity contribution is 6.30. The van der Waals surface area contributed by atoms with E-state index in [4.69, 9.17) is 17.3 Å². The van der Waals surface area contributed by atoms with Crippen molar-refractivity contribution in [2.75, 3.05) is 11.1 Å². The molecule has 0 saturated carbocycles. The fourth-order valence-electron chi connectivity index (χ4n) is 1.33. The van der Waals surface area contributed by atoms with E-state index in [-0.39, 0.29) is 0 Å². The van der Waals surface area contributed by atoms with E-state index in [0.717, 1.165) is 5.82 Å². The van der Waals surface area contributed by atoms with E-state index < -0.39 is 0 Å². The number of anilines is 2. The zero-order chi connectivity index (χ0) is 11.5. The molecule has 0 fully saturated rings. The summed E-state index contributed by atoms with van der Waals surface area (Å²) in [7, 11) is 1.93. The van der Waals surface area contributed by atoms with Crippen molar-refractivity contribution in [3.8, 4) is 0 Å². The first-order valence-electron chi connectivity index (χ1n) is 4.78. The minimum Gasteiger partial charge on any atom is -0.396 e. The van der Waals surface area contributed by atoms with Gasteiger partial charge in [-0.05, 0) is 6.07 Å². The molecule has 5 nitrogen and oxygen atoms in total. The second-order valence-corrected chi connectivity index (χ2v) is 3.84. The molecule has 0 bridgehead atoms. The van der Waals surface area contributed by atoms with Crippen molar-refractivity contribution in [3.05, 3.63) is 35.5 Å². The lowest BCUT2D eigenvalue weighted by atomic mass is 10.4. The van der Waals surface area contributed by atoms with E-state index in [9.17, 15) is 0 Å². The van der Waals surface area contributed by atoms with Crippen molar-refractivity contribution < 1.29 is 0 Å². The summed E-state index contributed by atoms with van der Waals surface area (Å²) in [5, 5.41) is 3.63. The summed E-state index contributed by atoms with van der Waals surface area (Å²) < 4.78 is 1.93. The highest BCUT2D eigenvalue weighted by Crippen LogP contribution is 2.19. The van der Waals surface area contributed by atoms with Gasteiger partial charge in [-0.2, -0.15) is 0 Å². The van der Waals surface area contributed by atoms with Gasteiger partial charge in [0.25, 0.3) is 0 Å². The van der Waals surface area contributed by atoms with Gasteiger partial charge in [-0.1, -0.05) is 11.6 Å². The molecule has 3 N–H and O–H groups in total. The van der Waals surface area contributed by atoms with Crippen LogP contribution in [0.5, 0.6) is 0 Å².